The summed E-state index contributed by atoms with van der Waals surface area (Å²) in [5.41, 5.74) is 1.72. The van der Waals surface area contributed by atoms with Crippen molar-refractivity contribution in [2.24, 2.45) is 0 Å². The minimum atomic E-state index is -0.380. The minimum absolute atomic E-state index is 0.179. The molecule has 9 nitrogen and oxygen atoms in total. The monoisotopic (exact) mass is 479 g/mol. The van der Waals surface area contributed by atoms with Crippen molar-refractivity contribution in [1.29, 1.82) is 0 Å². The van der Waals surface area contributed by atoms with Gasteiger partial charge in [-0.05, 0) is 42.2 Å². The van der Waals surface area contributed by atoms with Crippen LogP contribution in [0, 0.1) is 0 Å². The molecule has 0 atom stereocenters. The zero-order valence-electron chi connectivity index (χ0n) is 20.5. The SMILES string of the molecule is COc1cccc(/C=c2\[nH]c(=O)/c(=C/c3ncn(CCCN4CCOCC4)c3C(C)C)[nH]c2=O)c1. The second-order valence-corrected chi connectivity index (χ2v) is 8.97. The molecule has 1 aliphatic rings. The summed E-state index contributed by atoms with van der Waals surface area (Å²) in [7, 11) is 1.58. The standard InChI is InChI=1S/C26H33N5O4/c1-18(2)24-21(27-17-31(24)9-5-8-30-10-12-35-13-11-30)16-23-26(33)28-22(25(32)29-23)15-19-6-4-7-20(14-19)34-3/h4,6-7,14-18H,5,8-13H2,1-3H3,(H,28,33)(H,29,32)/b22-15-,23-16-. The molecule has 3 heterocycles. The molecule has 9 heteroatoms. The number of methoxy groups -OCH3 is 1. The van der Waals surface area contributed by atoms with Crippen LogP contribution in [0.3, 0.4) is 0 Å². The Morgan fingerprint density at radius 3 is 2.49 bits per heavy atom. The van der Waals surface area contributed by atoms with Crippen molar-refractivity contribution >= 4 is 12.2 Å². The summed E-state index contributed by atoms with van der Waals surface area (Å²) in [5, 5.41) is 0.358. The van der Waals surface area contributed by atoms with Gasteiger partial charge in [0.15, 0.2) is 0 Å². The van der Waals surface area contributed by atoms with Crippen LogP contribution in [0.5, 0.6) is 5.75 Å². The average Bonchev–Trinajstić information content (AvgIpc) is 3.25. The quantitative estimate of drug-likeness (QED) is 0.495. The lowest BCUT2D eigenvalue weighted by molar-refractivity contribution is 0.0369. The molecule has 0 spiro atoms. The molecule has 1 aromatic carbocycles. The Bertz CT molecular complexity index is 1380. The van der Waals surface area contributed by atoms with Crippen molar-refractivity contribution in [3.05, 3.63) is 78.9 Å². The lowest BCUT2D eigenvalue weighted by atomic mass is 10.1. The Kier molecular flexibility index (Phi) is 7.99. The Morgan fingerprint density at radius 2 is 1.80 bits per heavy atom. The number of H-pyrrole nitrogens is 2. The largest absolute Gasteiger partial charge is 0.497 e. The third kappa shape index (κ3) is 6.17. The maximum absolute atomic E-state index is 12.8. The van der Waals surface area contributed by atoms with E-state index in [0.29, 0.717) is 11.4 Å². The summed E-state index contributed by atoms with van der Waals surface area (Å²) >= 11 is 0. The van der Waals surface area contributed by atoms with Crippen LogP contribution in [-0.2, 0) is 11.3 Å². The molecule has 3 aromatic rings. The molecule has 0 amide bonds. The second kappa shape index (κ2) is 11.3. The van der Waals surface area contributed by atoms with Gasteiger partial charge >= 0.3 is 0 Å². The molecule has 0 bridgehead atoms. The summed E-state index contributed by atoms with van der Waals surface area (Å²) in [6, 6.07) is 7.26. The molecule has 35 heavy (non-hydrogen) atoms. The molecule has 1 aliphatic heterocycles. The number of benzene rings is 1. The normalized spacial score (nSPS) is 15.8. The number of aromatic nitrogens is 4. The minimum Gasteiger partial charge on any atom is -0.497 e. The molecule has 0 radical (unpaired) electrons. The van der Waals surface area contributed by atoms with Gasteiger partial charge in [-0.3, -0.25) is 14.5 Å². The first-order valence-corrected chi connectivity index (χ1v) is 12.0. The fraction of sp³-hybridized carbons (Fsp3) is 0.423. The van der Waals surface area contributed by atoms with Crippen molar-refractivity contribution in [2.45, 2.75) is 32.7 Å². The smallest absolute Gasteiger partial charge is 0.272 e. The average molecular weight is 480 g/mol. The van der Waals surface area contributed by atoms with E-state index < -0.39 is 0 Å². The van der Waals surface area contributed by atoms with Crippen LogP contribution in [0.1, 0.15) is 43.1 Å². The van der Waals surface area contributed by atoms with Crippen LogP contribution in [0.2, 0.25) is 0 Å². The topological polar surface area (TPSA) is 105 Å². The second-order valence-electron chi connectivity index (χ2n) is 8.97. The highest BCUT2D eigenvalue weighted by Crippen LogP contribution is 2.20. The molecule has 2 N–H and O–H groups in total. The van der Waals surface area contributed by atoms with Crippen molar-refractivity contribution in [1.82, 2.24) is 24.4 Å². The van der Waals surface area contributed by atoms with Gasteiger partial charge in [-0.15, -0.1) is 0 Å². The zero-order valence-corrected chi connectivity index (χ0v) is 20.5. The number of aromatic amines is 2. The van der Waals surface area contributed by atoms with E-state index in [1.807, 2.05) is 24.5 Å². The lowest BCUT2D eigenvalue weighted by Gasteiger charge is -2.26. The maximum atomic E-state index is 12.8. The number of nitrogens with one attached hydrogen (secondary N) is 2. The summed E-state index contributed by atoms with van der Waals surface area (Å²) in [4.78, 5) is 37.9. The van der Waals surface area contributed by atoms with Crippen LogP contribution in [0.4, 0.5) is 0 Å². The summed E-state index contributed by atoms with van der Waals surface area (Å²) in [6.45, 7) is 9.60. The summed E-state index contributed by atoms with van der Waals surface area (Å²) in [6.07, 6.45) is 6.10. The van der Waals surface area contributed by atoms with Crippen LogP contribution in [0.25, 0.3) is 12.2 Å². The first kappa shape index (κ1) is 24.7. The van der Waals surface area contributed by atoms with Gasteiger partial charge in [0.1, 0.15) is 16.4 Å². The number of nitrogens with zero attached hydrogens (tertiary/aromatic N) is 3. The van der Waals surface area contributed by atoms with Crippen LogP contribution < -0.4 is 26.6 Å². The van der Waals surface area contributed by atoms with Crippen molar-refractivity contribution in [2.75, 3.05) is 40.0 Å². The third-order valence-electron chi connectivity index (χ3n) is 6.10. The van der Waals surface area contributed by atoms with Crippen LogP contribution in [0.15, 0.2) is 40.2 Å². The lowest BCUT2D eigenvalue weighted by Crippen LogP contribution is -2.46. The molecule has 0 saturated carbocycles. The van der Waals surface area contributed by atoms with E-state index >= 15 is 0 Å². The predicted octanol–water partition coefficient (Wildman–Crippen LogP) is 0.772. The highest BCUT2D eigenvalue weighted by molar-refractivity contribution is 5.51. The zero-order chi connectivity index (χ0) is 24.8. The van der Waals surface area contributed by atoms with E-state index in [1.54, 1.807) is 25.3 Å². The fourth-order valence-electron chi connectivity index (χ4n) is 4.34. The molecule has 186 valence electrons. The van der Waals surface area contributed by atoms with E-state index in [0.717, 1.165) is 57.1 Å². The summed E-state index contributed by atoms with van der Waals surface area (Å²) < 4.78 is 12.8. The molecule has 1 fully saturated rings. The van der Waals surface area contributed by atoms with Gasteiger partial charge in [0, 0.05) is 31.9 Å². The van der Waals surface area contributed by atoms with E-state index in [4.69, 9.17) is 9.47 Å². The molecular weight excluding hydrogens is 446 g/mol. The number of ether oxygens (including phenoxy) is 2. The number of rotatable bonds is 8. The van der Waals surface area contributed by atoms with Gasteiger partial charge in [-0.2, -0.15) is 0 Å². The van der Waals surface area contributed by atoms with Gasteiger partial charge in [0.05, 0.1) is 32.3 Å². The van der Waals surface area contributed by atoms with E-state index in [1.165, 1.54) is 0 Å². The first-order chi connectivity index (χ1) is 16.9. The molecule has 0 unspecified atom stereocenters. The number of hydrogen-bond acceptors (Lipinski definition) is 6. The number of morpholine rings is 1. The summed E-state index contributed by atoms with van der Waals surface area (Å²) in [5.74, 6) is 0.878. The van der Waals surface area contributed by atoms with E-state index in [-0.39, 0.29) is 27.7 Å². The highest BCUT2D eigenvalue weighted by Gasteiger charge is 2.14. The molecule has 2 aromatic heterocycles. The Labute approximate surface area is 203 Å². The Hall–Kier alpha value is -3.43. The van der Waals surface area contributed by atoms with E-state index in [9.17, 15) is 9.59 Å². The van der Waals surface area contributed by atoms with Gasteiger partial charge < -0.3 is 24.0 Å². The van der Waals surface area contributed by atoms with Gasteiger partial charge in [0.2, 0.25) is 0 Å². The molecular formula is C26H33N5O4. The maximum Gasteiger partial charge on any atom is 0.272 e. The highest BCUT2D eigenvalue weighted by atomic mass is 16.5. The van der Waals surface area contributed by atoms with Crippen molar-refractivity contribution < 1.29 is 9.47 Å². The van der Waals surface area contributed by atoms with Crippen LogP contribution in [-0.4, -0.2) is 64.4 Å². The van der Waals surface area contributed by atoms with Gasteiger partial charge in [-0.1, -0.05) is 26.0 Å². The van der Waals surface area contributed by atoms with E-state index in [2.05, 4.69) is 38.3 Å². The fourth-order valence-corrected chi connectivity index (χ4v) is 4.34. The molecule has 0 aliphatic carbocycles. The Balaban J connectivity index is 1.60. The molecule has 1 saturated heterocycles. The van der Waals surface area contributed by atoms with Crippen LogP contribution >= 0.6 is 0 Å². The first-order valence-electron chi connectivity index (χ1n) is 12.0. The Morgan fingerprint density at radius 1 is 1.09 bits per heavy atom. The number of hydrogen-bond donors (Lipinski definition) is 2. The molecule has 4 rings (SSSR count). The van der Waals surface area contributed by atoms with Crippen molar-refractivity contribution in [3.63, 3.8) is 0 Å². The van der Waals surface area contributed by atoms with Gasteiger partial charge in [0.25, 0.3) is 11.1 Å². The van der Waals surface area contributed by atoms with Gasteiger partial charge in [-0.25, -0.2) is 4.98 Å². The third-order valence-corrected chi connectivity index (χ3v) is 6.10. The number of aryl methyl sites for hydroxylation is 1. The predicted molar refractivity (Wildman–Crippen MR) is 135 cm³/mol. The van der Waals surface area contributed by atoms with Crippen molar-refractivity contribution in [3.8, 4) is 5.75 Å². The number of imidazole rings is 1.